The minimum Gasteiger partial charge on any atom is -0.360 e. The standard InChI is InChI=1S/C34H45N3O/c1-25(35-26(2)36-19-17-34(18-20-36)16-15-27-11-9-10-14-30(27)34)33(6)21-28-12-7-8-13-29(28)23-37(24-33)31(38)22-32(3,4)5/h7-14H,1,15-24H2,2-6H3/b35-26+. The number of carbonyl (C=O) groups is 1. The zero-order chi connectivity index (χ0) is 27.1. The van der Waals surface area contributed by atoms with Crippen LogP contribution in [0.5, 0.6) is 0 Å². The van der Waals surface area contributed by atoms with Crippen LogP contribution in [-0.4, -0.2) is 41.2 Å². The molecule has 0 saturated carbocycles. The van der Waals surface area contributed by atoms with E-state index in [-0.39, 0.29) is 16.7 Å². The number of benzene rings is 2. The number of piperidine rings is 1. The number of nitrogens with zero attached hydrogens (tertiary/aromatic N) is 3. The van der Waals surface area contributed by atoms with Crippen molar-refractivity contribution in [2.45, 2.75) is 85.1 Å². The predicted octanol–water partition coefficient (Wildman–Crippen LogP) is 6.93. The maximum atomic E-state index is 13.4. The number of hydrogen-bond donors (Lipinski definition) is 0. The van der Waals surface area contributed by atoms with Crippen molar-refractivity contribution < 1.29 is 4.79 Å². The van der Waals surface area contributed by atoms with E-state index in [9.17, 15) is 4.79 Å². The second-order valence-electron chi connectivity index (χ2n) is 13.5. The highest BCUT2D eigenvalue weighted by molar-refractivity contribution is 5.81. The highest BCUT2D eigenvalue weighted by atomic mass is 16.2. The lowest BCUT2D eigenvalue weighted by molar-refractivity contribution is -0.134. The number of amides is 1. The van der Waals surface area contributed by atoms with Crippen molar-refractivity contribution in [3.05, 3.63) is 83.1 Å². The maximum absolute atomic E-state index is 13.4. The van der Waals surface area contributed by atoms with E-state index in [0.29, 0.717) is 24.9 Å². The van der Waals surface area contributed by atoms with Crippen molar-refractivity contribution >= 4 is 11.7 Å². The molecular formula is C34H45N3O. The van der Waals surface area contributed by atoms with Crippen LogP contribution < -0.4 is 0 Å². The summed E-state index contributed by atoms with van der Waals surface area (Å²) in [7, 11) is 0. The fraction of sp³-hybridized carbons (Fsp3) is 0.529. The number of aryl methyl sites for hydroxylation is 1. The molecule has 4 nitrogen and oxygen atoms in total. The molecule has 2 aromatic carbocycles. The maximum Gasteiger partial charge on any atom is 0.223 e. The van der Waals surface area contributed by atoms with Gasteiger partial charge in [-0.3, -0.25) is 4.79 Å². The van der Waals surface area contributed by atoms with Gasteiger partial charge in [-0.15, -0.1) is 0 Å². The van der Waals surface area contributed by atoms with Crippen LogP contribution >= 0.6 is 0 Å². The van der Waals surface area contributed by atoms with Crippen molar-refractivity contribution in [2.75, 3.05) is 19.6 Å². The van der Waals surface area contributed by atoms with E-state index >= 15 is 0 Å². The summed E-state index contributed by atoms with van der Waals surface area (Å²) in [4.78, 5) is 23.1. The van der Waals surface area contributed by atoms with Crippen molar-refractivity contribution in [3.8, 4) is 0 Å². The van der Waals surface area contributed by atoms with Gasteiger partial charge in [0, 0.05) is 43.7 Å². The van der Waals surface area contributed by atoms with Gasteiger partial charge < -0.3 is 9.80 Å². The normalized spacial score (nSPS) is 23.1. The second-order valence-corrected chi connectivity index (χ2v) is 13.5. The lowest BCUT2D eigenvalue weighted by Crippen LogP contribution is -2.44. The largest absolute Gasteiger partial charge is 0.360 e. The van der Waals surface area contributed by atoms with Crippen molar-refractivity contribution in [3.63, 3.8) is 0 Å². The molecule has 38 heavy (non-hydrogen) atoms. The van der Waals surface area contributed by atoms with E-state index in [1.54, 1.807) is 11.1 Å². The van der Waals surface area contributed by atoms with Crippen LogP contribution in [0.3, 0.4) is 0 Å². The number of likely N-dealkylation sites (tertiary alicyclic amines) is 1. The van der Waals surface area contributed by atoms with E-state index < -0.39 is 0 Å². The Morgan fingerprint density at radius 3 is 2.26 bits per heavy atom. The van der Waals surface area contributed by atoms with E-state index in [4.69, 9.17) is 4.99 Å². The zero-order valence-corrected chi connectivity index (χ0v) is 24.1. The summed E-state index contributed by atoms with van der Waals surface area (Å²) in [5.41, 5.74) is 6.54. The van der Waals surface area contributed by atoms with Crippen LogP contribution in [0.15, 0.2) is 65.8 Å². The molecule has 5 rings (SSSR count). The first kappa shape index (κ1) is 26.7. The van der Waals surface area contributed by atoms with Crippen LogP contribution in [0.1, 0.15) is 82.6 Å². The van der Waals surface area contributed by atoms with Crippen LogP contribution in [0.2, 0.25) is 0 Å². The molecule has 0 N–H and O–H groups in total. The molecule has 1 atom stereocenters. The zero-order valence-electron chi connectivity index (χ0n) is 24.1. The smallest absolute Gasteiger partial charge is 0.223 e. The first-order chi connectivity index (χ1) is 18.0. The molecular weight excluding hydrogens is 466 g/mol. The van der Waals surface area contributed by atoms with Gasteiger partial charge in [-0.2, -0.15) is 0 Å². The molecule has 3 aliphatic rings. The summed E-state index contributed by atoms with van der Waals surface area (Å²) < 4.78 is 0. The van der Waals surface area contributed by atoms with Gasteiger partial charge in [-0.1, -0.05) is 82.8 Å². The minimum atomic E-state index is -0.317. The number of aliphatic imine (C=N–C) groups is 1. The molecule has 4 heteroatoms. The van der Waals surface area contributed by atoms with E-state index in [2.05, 4.69) is 99.5 Å². The Kier molecular flexibility index (Phi) is 7.04. The quantitative estimate of drug-likeness (QED) is 0.331. The number of fused-ring (bicyclic) bond motifs is 3. The van der Waals surface area contributed by atoms with Crippen LogP contribution in [0.25, 0.3) is 0 Å². The van der Waals surface area contributed by atoms with E-state index in [1.807, 2.05) is 0 Å². The highest BCUT2D eigenvalue weighted by Crippen LogP contribution is 2.46. The molecule has 1 saturated heterocycles. The average molecular weight is 512 g/mol. The summed E-state index contributed by atoms with van der Waals surface area (Å²) >= 11 is 0. The Hall–Kier alpha value is -2.88. The van der Waals surface area contributed by atoms with Crippen LogP contribution in [-0.2, 0) is 29.6 Å². The molecule has 0 bridgehead atoms. The van der Waals surface area contributed by atoms with Crippen molar-refractivity contribution in [2.24, 2.45) is 15.8 Å². The summed E-state index contributed by atoms with van der Waals surface area (Å²) in [6.45, 7) is 18.7. The van der Waals surface area contributed by atoms with Crippen molar-refractivity contribution in [1.29, 1.82) is 0 Å². The fourth-order valence-electron chi connectivity index (χ4n) is 6.92. The summed E-state index contributed by atoms with van der Waals surface area (Å²) in [5, 5.41) is 0. The number of carbonyl (C=O) groups excluding carboxylic acids is 1. The predicted molar refractivity (Wildman–Crippen MR) is 157 cm³/mol. The first-order valence-electron chi connectivity index (χ1n) is 14.4. The average Bonchev–Trinajstić information content (AvgIpc) is 3.12. The molecule has 1 aliphatic carbocycles. The summed E-state index contributed by atoms with van der Waals surface area (Å²) in [6.07, 6.45) is 6.24. The van der Waals surface area contributed by atoms with Crippen molar-refractivity contribution in [1.82, 2.24) is 9.80 Å². The molecule has 202 valence electrons. The molecule has 1 spiro atoms. The van der Waals surface area contributed by atoms with Gasteiger partial charge in [0.2, 0.25) is 5.91 Å². The lowest BCUT2D eigenvalue weighted by Gasteiger charge is -2.41. The lowest BCUT2D eigenvalue weighted by atomic mass is 9.74. The molecule has 2 heterocycles. The topological polar surface area (TPSA) is 35.9 Å². The van der Waals surface area contributed by atoms with Gasteiger partial charge in [0.15, 0.2) is 0 Å². The molecule has 2 aromatic rings. The highest BCUT2D eigenvalue weighted by Gasteiger charge is 2.41. The second kappa shape index (κ2) is 10.0. The van der Waals surface area contributed by atoms with Gasteiger partial charge in [0.25, 0.3) is 0 Å². The van der Waals surface area contributed by atoms with Crippen LogP contribution in [0, 0.1) is 10.8 Å². The number of hydrogen-bond acceptors (Lipinski definition) is 2. The summed E-state index contributed by atoms with van der Waals surface area (Å²) in [6, 6.07) is 17.6. The molecule has 1 amide bonds. The third kappa shape index (κ3) is 5.32. The Morgan fingerprint density at radius 2 is 1.58 bits per heavy atom. The monoisotopic (exact) mass is 511 g/mol. The van der Waals surface area contributed by atoms with Gasteiger partial charge in [0.05, 0.1) is 0 Å². The molecule has 1 unspecified atom stereocenters. The fourth-order valence-corrected chi connectivity index (χ4v) is 6.92. The summed E-state index contributed by atoms with van der Waals surface area (Å²) in [5.74, 6) is 1.27. The van der Waals surface area contributed by atoms with Crippen LogP contribution in [0.4, 0.5) is 0 Å². The Morgan fingerprint density at radius 1 is 0.947 bits per heavy atom. The molecule has 0 radical (unpaired) electrons. The Labute approximate surface area is 229 Å². The third-order valence-electron chi connectivity index (χ3n) is 9.27. The number of rotatable bonds is 3. The Bertz CT molecular complexity index is 1240. The van der Waals surface area contributed by atoms with Gasteiger partial charge in [-0.25, -0.2) is 4.99 Å². The van der Waals surface area contributed by atoms with Gasteiger partial charge in [-0.05, 0) is 72.1 Å². The molecule has 0 aromatic heterocycles. The van der Waals surface area contributed by atoms with Gasteiger partial charge in [0.1, 0.15) is 5.84 Å². The third-order valence-corrected chi connectivity index (χ3v) is 9.27. The number of amidine groups is 1. The minimum absolute atomic E-state index is 0.0451. The Balaban J connectivity index is 1.33. The SMILES string of the molecule is C=C(/N=C(\C)N1CCC2(CCc3ccccc32)CC1)C1(C)Cc2ccccc2CN(C(=O)CC(C)(C)C)C1. The van der Waals surface area contributed by atoms with E-state index in [0.717, 1.165) is 31.0 Å². The first-order valence-corrected chi connectivity index (χ1v) is 14.4. The molecule has 2 aliphatic heterocycles. The van der Waals surface area contributed by atoms with E-state index in [1.165, 1.54) is 36.8 Å². The molecule has 1 fully saturated rings. The van der Waals surface area contributed by atoms with Gasteiger partial charge >= 0.3 is 0 Å².